The van der Waals surface area contributed by atoms with E-state index in [0.29, 0.717) is 33.6 Å². The van der Waals surface area contributed by atoms with Crippen molar-refractivity contribution >= 4 is 58.5 Å². The van der Waals surface area contributed by atoms with Crippen LogP contribution in [0.2, 0.25) is 5.02 Å². The number of carbonyl (C=O) groups excluding carboxylic acids is 5. The molecule has 2 N–H and O–H groups in total. The number of piperidine rings is 2. The second kappa shape index (κ2) is 15.5. The molecule has 2 aromatic carbocycles. The normalized spacial score (nSPS) is 24.3. The van der Waals surface area contributed by atoms with Crippen molar-refractivity contribution in [2.24, 2.45) is 22.7 Å². The average molecular weight is 822 g/mol. The van der Waals surface area contributed by atoms with E-state index >= 15 is 0 Å². The Balaban J connectivity index is 0.788. The molecular weight excluding hydrogens is 774 g/mol. The molecule has 15 nitrogen and oxygen atoms in total. The molecule has 3 saturated heterocycles. The lowest BCUT2D eigenvalue weighted by molar-refractivity contribution is -0.198. The molecule has 0 bridgehead atoms. The molecule has 4 fully saturated rings. The van der Waals surface area contributed by atoms with E-state index < -0.39 is 40.5 Å². The predicted octanol–water partition coefficient (Wildman–Crippen LogP) is 4.51. The number of ether oxygens (including phenoxy) is 1. The number of amides is 5. The Kier molecular flexibility index (Phi) is 10.6. The Hall–Kier alpha value is -5.59. The first-order valence-corrected chi connectivity index (χ1v) is 20.6. The number of hydrogen-bond donors (Lipinski definition) is 2. The van der Waals surface area contributed by atoms with Gasteiger partial charge in [0.2, 0.25) is 17.7 Å². The van der Waals surface area contributed by atoms with Gasteiger partial charge < -0.3 is 19.9 Å². The summed E-state index contributed by atoms with van der Waals surface area (Å²) < 4.78 is 6.34. The molecule has 8 rings (SSSR count). The van der Waals surface area contributed by atoms with Gasteiger partial charge in [-0.25, -0.2) is 0 Å². The number of nitrogens with one attached hydrogen (secondary N) is 2. The van der Waals surface area contributed by atoms with Crippen molar-refractivity contribution in [3.8, 4) is 11.8 Å². The Morgan fingerprint density at radius 1 is 0.881 bits per heavy atom. The van der Waals surface area contributed by atoms with Crippen LogP contribution in [0.3, 0.4) is 0 Å². The zero-order valence-electron chi connectivity index (χ0n) is 33.7. The molecule has 0 spiro atoms. The second-order valence-corrected chi connectivity index (χ2v) is 17.9. The number of carbonyl (C=O) groups is 5. The van der Waals surface area contributed by atoms with Crippen molar-refractivity contribution in [1.82, 2.24) is 25.3 Å². The molecule has 5 heterocycles. The highest BCUT2D eigenvalue weighted by Gasteiger charge is 2.66. The highest BCUT2D eigenvalue weighted by molar-refractivity contribution is 6.31. The highest BCUT2D eigenvalue weighted by atomic mass is 35.5. The van der Waals surface area contributed by atoms with Gasteiger partial charge in [0, 0.05) is 74.8 Å². The summed E-state index contributed by atoms with van der Waals surface area (Å²) >= 11 is 6.24. The van der Waals surface area contributed by atoms with Crippen LogP contribution in [0.5, 0.6) is 5.75 Å². The third kappa shape index (κ3) is 7.48. The van der Waals surface area contributed by atoms with E-state index in [0.717, 1.165) is 75.1 Å². The van der Waals surface area contributed by atoms with Gasteiger partial charge in [-0.2, -0.15) is 5.26 Å². The minimum atomic E-state index is -0.981. The lowest BCUT2D eigenvalue weighted by Crippen LogP contribution is -2.69. The van der Waals surface area contributed by atoms with E-state index in [2.05, 4.69) is 41.6 Å². The number of rotatable bonds is 9. The van der Waals surface area contributed by atoms with Crippen LogP contribution in [-0.2, 0) is 14.4 Å². The number of anilines is 3. The van der Waals surface area contributed by atoms with E-state index in [-0.39, 0.29) is 36.3 Å². The van der Waals surface area contributed by atoms with Gasteiger partial charge in [-0.3, -0.25) is 39.1 Å². The second-order valence-electron chi connectivity index (χ2n) is 17.5. The number of imide groups is 2. The van der Waals surface area contributed by atoms with Crippen LogP contribution in [0.1, 0.15) is 79.7 Å². The summed E-state index contributed by atoms with van der Waals surface area (Å²) in [4.78, 5) is 72.1. The van der Waals surface area contributed by atoms with Gasteiger partial charge >= 0.3 is 0 Å². The van der Waals surface area contributed by atoms with Crippen molar-refractivity contribution < 1.29 is 28.7 Å². The number of hydrogen-bond acceptors (Lipinski definition) is 12. The number of halogens is 1. The van der Waals surface area contributed by atoms with E-state index in [1.165, 1.54) is 0 Å². The van der Waals surface area contributed by atoms with Gasteiger partial charge in [-0.1, -0.05) is 39.3 Å². The van der Waals surface area contributed by atoms with Crippen molar-refractivity contribution in [2.45, 2.75) is 65.5 Å². The monoisotopic (exact) mass is 821 g/mol. The number of aromatic nitrogens is 2. The topological polar surface area (TPSA) is 181 Å². The first kappa shape index (κ1) is 40.2. The Morgan fingerprint density at radius 3 is 2.24 bits per heavy atom. The molecule has 1 saturated carbocycles. The Morgan fingerprint density at radius 2 is 1.59 bits per heavy atom. The maximum absolute atomic E-state index is 13.6. The zero-order valence-corrected chi connectivity index (χ0v) is 34.4. The minimum Gasteiger partial charge on any atom is -0.489 e. The Labute approximate surface area is 348 Å². The van der Waals surface area contributed by atoms with Gasteiger partial charge in [0.25, 0.3) is 11.8 Å². The van der Waals surface area contributed by atoms with Crippen LogP contribution < -0.4 is 25.2 Å². The van der Waals surface area contributed by atoms with Gasteiger partial charge in [-0.15, -0.1) is 10.2 Å². The van der Waals surface area contributed by atoms with Crippen LogP contribution in [0.25, 0.3) is 0 Å². The summed E-state index contributed by atoms with van der Waals surface area (Å²) in [6.45, 7) is 14.1. The van der Waals surface area contributed by atoms with Gasteiger partial charge in [0.15, 0.2) is 11.6 Å². The summed E-state index contributed by atoms with van der Waals surface area (Å²) in [5, 5.41) is 23.6. The molecule has 1 aliphatic carbocycles. The molecule has 1 unspecified atom stereocenters. The van der Waals surface area contributed by atoms with Crippen LogP contribution >= 0.6 is 11.6 Å². The van der Waals surface area contributed by atoms with Crippen molar-refractivity contribution in [3.05, 3.63) is 70.2 Å². The summed E-state index contributed by atoms with van der Waals surface area (Å²) in [5.74, 6) is -0.215. The highest BCUT2D eigenvalue weighted by Crippen LogP contribution is 2.60. The van der Waals surface area contributed by atoms with Gasteiger partial charge in [0.1, 0.15) is 24.0 Å². The lowest BCUT2D eigenvalue weighted by atomic mass is 9.45. The summed E-state index contributed by atoms with van der Waals surface area (Å²) in [6.07, 6.45) is 1.99. The Bertz CT molecular complexity index is 2230. The maximum Gasteiger partial charge on any atom is 0.262 e. The van der Waals surface area contributed by atoms with Gasteiger partial charge in [0.05, 0.1) is 27.6 Å². The summed E-state index contributed by atoms with van der Waals surface area (Å²) in [5.41, 5.74) is 0.854. The number of nitriles is 1. The molecule has 308 valence electrons. The SMILES string of the molecule is CC1(C)[C@H](Oc2ccc(C#N)c(Cl)c2)C(C)(C)[C@H]1C(=O)Nc1ccc(N2CCC(CN3CCN(c4ccc5c(c4)C(=O)N(C4CCC(=O)NC4=O)C5=O)CC3)CC2)nn1. The molecule has 3 aromatic rings. The number of nitrogens with zero attached hydrogens (tertiary/aromatic N) is 7. The largest absolute Gasteiger partial charge is 0.489 e. The number of piperazine rings is 1. The van der Waals surface area contributed by atoms with Gasteiger partial charge in [-0.05, 0) is 67.6 Å². The van der Waals surface area contributed by atoms with Crippen LogP contribution in [0.15, 0.2) is 48.5 Å². The third-order valence-corrected chi connectivity index (χ3v) is 13.2. The molecule has 16 heteroatoms. The third-order valence-electron chi connectivity index (χ3n) is 12.9. The lowest BCUT2D eigenvalue weighted by Gasteiger charge is -2.62. The molecular formula is C43H48ClN9O6. The fourth-order valence-electron chi connectivity index (χ4n) is 10.2. The van der Waals surface area contributed by atoms with Crippen LogP contribution in [0, 0.1) is 34.0 Å². The standard InChI is InChI=1S/C43H48ClN9O6/c1-42(2)36(43(3,4)41(42)59-28-7-5-26(23-45)31(44)22-28)38(56)46-33-10-11-34(49-48-33)52-15-13-25(14-16-52)24-50-17-19-51(20-18-50)27-6-8-29-30(21-27)40(58)53(39(29)57)32-9-12-35(54)47-37(32)55/h5-8,10-11,21-22,25,32,36,41H,9,12-20,24H2,1-4H3,(H,46,48,56)(H,47,54,55)/t32?,36-,41-. The maximum atomic E-state index is 13.6. The summed E-state index contributed by atoms with van der Waals surface area (Å²) in [7, 11) is 0. The van der Waals surface area contributed by atoms with Crippen LogP contribution in [-0.4, -0.2) is 107 Å². The van der Waals surface area contributed by atoms with Crippen molar-refractivity contribution in [3.63, 3.8) is 0 Å². The molecule has 1 aromatic heterocycles. The van der Waals surface area contributed by atoms with E-state index in [9.17, 15) is 29.2 Å². The predicted molar refractivity (Wildman–Crippen MR) is 219 cm³/mol. The first-order valence-electron chi connectivity index (χ1n) is 20.2. The molecule has 4 aliphatic heterocycles. The number of benzene rings is 2. The zero-order chi connectivity index (χ0) is 41.8. The van der Waals surface area contributed by atoms with E-state index in [4.69, 9.17) is 16.3 Å². The minimum absolute atomic E-state index is 0.0856. The van der Waals surface area contributed by atoms with Crippen molar-refractivity contribution in [2.75, 3.05) is 60.9 Å². The molecule has 5 amide bonds. The van der Waals surface area contributed by atoms with Crippen LogP contribution in [0.4, 0.5) is 17.3 Å². The number of fused-ring (bicyclic) bond motifs is 1. The van der Waals surface area contributed by atoms with E-state index in [1.54, 1.807) is 36.4 Å². The van der Waals surface area contributed by atoms with E-state index in [1.807, 2.05) is 39.8 Å². The summed E-state index contributed by atoms with van der Waals surface area (Å²) in [6, 6.07) is 15.1. The molecule has 1 atom stereocenters. The smallest absolute Gasteiger partial charge is 0.262 e. The van der Waals surface area contributed by atoms with Crippen molar-refractivity contribution in [1.29, 1.82) is 5.26 Å². The molecule has 5 aliphatic rings. The fraction of sp³-hybridized carbons (Fsp3) is 0.488. The fourth-order valence-corrected chi connectivity index (χ4v) is 10.4. The average Bonchev–Trinajstić information content (AvgIpc) is 3.45. The quantitative estimate of drug-likeness (QED) is 0.289. The molecule has 59 heavy (non-hydrogen) atoms. The molecule has 0 radical (unpaired) electrons. The first-order chi connectivity index (χ1) is 28.1.